The average molecular weight is 388 g/mol. The number of hydrogen-bond donors (Lipinski definition) is 3. The number of aliphatic hydroxyl groups is 1. The minimum absolute atomic E-state index is 0.0491. The average Bonchev–Trinajstić information content (AvgIpc) is 2.70. The van der Waals surface area contributed by atoms with Crippen molar-refractivity contribution in [2.45, 2.75) is 19.4 Å². The molecule has 144 valence electrons. The molecule has 0 aliphatic heterocycles. The van der Waals surface area contributed by atoms with E-state index in [2.05, 4.69) is 10.6 Å². The predicted octanol–water partition coefficient (Wildman–Crippen LogP) is 2.52. The van der Waals surface area contributed by atoms with E-state index in [1.807, 2.05) is 37.3 Å². The van der Waals surface area contributed by atoms with Gasteiger partial charge in [0.2, 0.25) is 0 Å². The zero-order valence-corrected chi connectivity index (χ0v) is 16.0. The summed E-state index contributed by atoms with van der Waals surface area (Å²) < 4.78 is 11.2. The number of hydrogen-bond acceptors (Lipinski definition) is 5. The number of carbonyl (C=O) groups excluding carboxylic acids is 1. The van der Waals surface area contributed by atoms with Crippen LogP contribution in [-0.2, 0) is 0 Å². The maximum absolute atomic E-state index is 12.2. The van der Waals surface area contributed by atoms with Crippen LogP contribution in [0.15, 0.2) is 54.6 Å². The highest BCUT2D eigenvalue weighted by Gasteiger charge is 2.11. The molecule has 0 saturated carbocycles. The van der Waals surface area contributed by atoms with Crippen LogP contribution in [0, 0.1) is 0 Å². The molecule has 2 rings (SSSR count). The normalized spacial score (nSPS) is 11.3. The van der Waals surface area contributed by atoms with Gasteiger partial charge in [-0.15, -0.1) is 0 Å². The maximum atomic E-state index is 12.2. The monoisotopic (exact) mass is 388 g/mol. The molecule has 7 heteroatoms. The molecule has 0 aliphatic rings. The third kappa shape index (κ3) is 7.24. The van der Waals surface area contributed by atoms with Crippen LogP contribution >= 0.6 is 12.2 Å². The molecule has 0 radical (unpaired) electrons. The molecule has 0 heterocycles. The standard InChI is InChI=1S/C20H24N2O4S/c1-2-16(14-23)21-20(27)22-19(24)15-8-10-18(11-9-15)26-13-12-25-17-6-4-3-5-7-17/h3-11,16,23H,2,12-14H2,1H3,(H2,21,22,24,27). The van der Waals surface area contributed by atoms with Gasteiger partial charge in [0.1, 0.15) is 24.7 Å². The number of aliphatic hydroxyl groups excluding tert-OH is 1. The fourth-order valence-electron chi connectivity index (χ4n) is 2.21. The number of carbonyl (C=O) groups is 1. The van der Waals surface area contributed by atoms with Gasteiger partial charge in [0, 0.05) is 5.56 Å². The first-order chi connectivity index (χ1) is 13.1. The van der Waals surface area contributed by atoms with Crippen LogP contribution in [0.1, 0.15) is 23.7 Å². The fraction of sp³-hybridized carbons (Fsp3) is 0.300. The van der Waals surface area contributed by atoms with E-state index in [4.69, 9.17) is 26.8 Å². The van der Waals surface area contributed by atoms with E-state index in [1.54, 1.807) is 24.3 Å². The Morgan fingerprint density at radius 1 is 1.04 bits per heavy atom. The van der Waals surface area contributed by atoms with Gasteiger partial charge >= 0.3 is 0 Å². The fourth-order valence-corrected chi connectivity index (χ4v) is 2.47. The molecular formula is C20H24N2O4S. The number of thiocarbonyl (C=S) groups is 1. The van der Waals surface area contributed by atoms with E-state index in [-0.39, 0.29) is 23.7 Å². The number of amides is 1. The largest absolute Gasteiger partial charge is 0.490 e. The summed E-state index contributed by atoms with van der Waals surface area (Å²) in [6.07, 6.45) is 0.701. The van der Waals surface area contributed by atoms with Crippen molar-refractivity contribution in [1.82, 2.24) is 10.6 Å². The summed E-state index contributed by atoms with van der Waals surface area (Å²) in [6.45, 7) is 2.69. The molecule has 0 bridgehead atoms. The van der Waals surface area contributed by atoms with Crippen LogP contribution in [0.5, 0.6) is 11.5 Å². The van der Waals surface area contributed by atoms with Crippen molar-refractivity contribution < 1.29 is 19.4 Å². The van der Waals surface area contributed by atoms with Crippen molar-refractivity contribution in [3.63, 3.8) is 0 Å². The minimum atomic E-state index is -0.320. The molecule has 27 heavy (non-hydrogen) atoms. The van der Waals surface area contributed by atoms with Gasteiger partial charge in [0.25, 0.3) is 5.91 Å². The van der Waals surface area contributed by atoms with Crippen molar-refractivity contribution in [3.8, 4) is 11.5 Å². The SMILES string of the molecule is CCC(CO)NC(=S)NC(=O)c1ccc(OCCOc2ccccc2)cc1. The van der Waals surface area contributed by atoms with Gasteiger partial charge in [-0.25, -0.2) is 0 Å². The van der Waals surface area contributed by atoms with Gasteiger partial charge in [0.05, 0.1) is 12.6 Å². The number of nitrogens with one attached hydrogen (secondary N) is 2. The Morgan fingerprint density at radius 3 is 2.19 bits per heavy atom. The lowest BCUT2D eigenvalue weighted by atomic mass is 10.2. The highest BCUT2D eigenvalue weighted by Crippen LogP contribution is 2.13. The first-order valence-electron chi connectivity index (χ1n) is 8.75. The minimum Gasteiger partial charge on any atom is -0.490 e. The van der Waals surface area contributed by atoms with Crippen LogP contribution in [0.3, 0.4) is 0 Å². The Bertz CT molecular complexity index is 719. The van der Waals surface area contributed by atoms with Crippen LogP contribution in [0.2, 0.25) is 0 Å². The van der Waals surface area contributed by atoms with Crippen molar-refractivity contribution in [3.05, 3.63) is 60.2 Å². The molecule has 1 amide bonds. The number of rotatable bonds is 9. The molecule has 0 aromatic heterocycles. The maximum Gasteiger partial charge on any atom is 0.257 e. The van der Waals surface area contributed by atoms with E-state index in [1.165, 1.54) is 0 Å². The molecule has 0 saturated heterocycles. The van der Waals surface area contributed by atoms with Crippen LogP contribution in [0.4, 0.5) is 0 Å². The molecule has 3 N–H and O–H groups in total. The lowest BCUT2D eigenvalue weighted by Gasteiger charge is -2.16. The topological polar surface area (TPSA) is 79.8 Å². The lowest BCUT2D eigenvalue weighted by Crippen LogP contribution is -2.45. The number of ether oxygens (including phenoxy) is 2. The van der Waals surface area contributed by atoms with Crippen LogP contribution < -0.4 is 20.1 Å². The van der Waals surface area contributed by atoms with Crippen molar-refractivity contribution >= 4 is 23.2 Å². The van der Waals surface area contributed by atoms with Crippen molar-refractivity contribution in [2.75, 3.05) is 19.8 Å². The molecule has 1 atom stereocenters. The molecule has 6 nitrogen and oxygen atoms in total. The Balaban J connectivity index is 1.75. The first kappa shape index (κ1) is 20.7. The third-order valence-corrected chi connectivity index (χ3v) is 3.98. The van der Waals surface area contributed by atoms with Gasteiger partial charge in [-0.2, -0.15) is 0 Å². The van der Waals surface area contributed by atoms with Gasteiger partial charge in [-0.05, 0) is 55.0 Å². The summed E-state index contributed by atoms with van der Waals surface area (Å²) in [5.41, 5.74) is 0.462. The van der Waals surface area contributed by atoms with Gasteiger partial charge in [-0.3, -0.25) is 10.1 Å². The first-order valence-corrected chi connectivity index (χ1v) is 9.16. The van der Waals surface area contributed by atoms with Crippen LogP contribution in [-0.4, -0.2) is 42.0 Å². The highest BCUT2D eigenvalue weighted by atomic mass is 32.1. The molecule has 0 fully saturated rings. The Labute approximate surface area is 164 Å². The molecule has 2 aromatic rings. The van der Waals surface area contributed by atoms with Gasteiger partial charge in [0.15, 0.2) is 5.11 Å². The summed E-state index contributed by atoms with van der Waals surface area (Å²) >= 11 is 5.08. The van der Waals surface area contributed by atoms with E-state index in [0.717, 1.165) is 5.75 Å². The molecular weight excluding hydrogens is 364 g/mol. The Morgan fingerprint density at radius 2 is 1.63 bits per heavy atom. The smallest absolute Gasteiger partial charge is 0.257 e. The van der Waals surface area contributed by atoms with Crippen molar-refractivity contribution in [2.24, 2.45) is 0 Å². The quantitative estimate of drug-likeness (QED) is 0.453. The lowest BCUT2D eigenvalue weighted by molar-refractivity contribution is 0.0976. The Hall–Kier alpha value is -2.64. The number of benzene rings is 2. The second kappa shape index (κ2) is 11.2. The van der Waals surface area contributed by atoms with Crippen molar-refractivity contribution in [1.29, 1.82) is 0 Å². The predicted molar refractivity (Wildman–Crippen MR) is 108 cm³/mol. The second-order valence-corrected chi connectivity index (χ2v) is 6.16. The summed E-state index contributed by atoms with van der Waals surface area (Å²) in [5, 5.41) is 14.8. The third-order valence-electron chi connectivity index (χ3n) is 3.76. The summed E-state index contributed by atoms with van der Waals surface area (Å²) in [7, 11) is 0. The van der Waals surface area contributed by atoms with Gasteiger partial charge in [-0.1, -0.05) is 25.1 Å². The van der Waals surface area contributed by atoms with Gasteiger partial charge < -0.3 is 19.9 Å². The zero-order chi connectivity index (χ0) is 19.5. The molecule has 2 aromatic carbocycles. The second-order valence-electron chi connectivity index (χ2n) is 5.75. The highest BCUT2D eigenvalue weighted by molar-refractivity contribution is 7.80. The summed E-state index contributed by atoms with van der Waals surface area (Å²) in [5.74, 6) is 1.12. The van der Waals surface area contributed by atoms with E-state index < -0.39 is 0 Å². The molecule has 1 unspecified atom stereocenters. The zero-order valence-electron chi connectivity index (χ0n) is 15.2. The Kier molecular flexibility index (Phi) is 8.54. The number of para-hydroxylation sites is 1. The van der Waals surface area contributed by atoms with E-state index in [0.29, 0.717) is 30.9 Å². The van der Waals surface area contributed by atoms with E-state index >= 15 is 0 Å². The summed E-state index contributed by atoms with van der Waals surface area (Å²) in [6, 6.07) is 16.1. The molecule has 0 spiro atoms. The van der Waals surface area contributed by atoms with E-state index in [9.17, 15) is 4.79 Å². The molecule has 0 aliphatic carbocycles. The van der Waals surface area contributed by atoms with Crippen LogP contribution in [0.25, 0.3) is 0 Å². The summed E-state index contributed by atoms with van der Waals surface area (Å²) in [4.78, 5) is 12.2.